The van der Waals surface area contributed by atoms with Crippen molar-refractivity contribution in [3.8, 4) is 0 Å². The molecule has 2 aromatic rings. The van der Waals surface area contributed by atoms with Gasteiger partial charge in [-0.05, 0) is 43.2 Å². The van der Waals surface area contributed by atoms with Crippen LogP contribution >= 0.6 is 27.5 Å². The van der Waals surface area contributed by atoms with Crippen LogP contribution < -0.4 is 4.72 Å². The van der Waals surface area contributed by atoms with Crippen LogP contribution in [0.15, 0.2) is 52.0 Å². The van der Waals surface area contributed by atoms with E-state index in [0.29, 0.717) is 6.42 Å². The van der Waals surface area contributed by atoms with Gasteiger partial charge in [0.1, 0.15) is 10.0 Å². The number of halogens is 2. The summed E-state index contributed by atoms with van der Waals surface area (Å²) in [7, 11) is -3.67. The van der Waals surface area contributed by atoms with Gasteiger partial charge in [-0.2, -0.15) is 0 Å². The van der Waals surface area contributed by atoms with Crippen molar-refractivity contribution in [2.75, 3.05) is 0 Å². The summed E-state index contributed by atoms with van der Waals surface area (Å²) in [5, 5.41) is -0.0270. The molecule has 1 atom stereocenters. The number of benzene rings is 1. The zero-order valence-corrected chi connectivity index (χ0v) is 14.4. The fourth-order valence-corrected chi connectivity index (χ4v) is 3.88. The SMILES string of the molecule is CC(Cc1ccc(Br)cc1)NS(=O)(=O)c1cccnc1Cl. The van der Waals surface area contributed by atoms with Crippen molar-refractivity contribution in [1.82, 2.24) is 9.71 Å². The number of hydrogen-bond donors (Lipinski definition) is 1. The van der Waals surface area contributed by atoms with Crippen molar-refractivity contribution >= 4 is 37.6 Å². The quantitative estimate of drug-likeness (QED) is 0.797. The third-order valence-corrected chi connectivity index (χ3v) is 5.39. The molecule has 0 spiro atoms. The highest BCUT2D eigenvalue weighted by Crippen LogP contribution is 2.18. The molecule has 0 aliphatic carbocycles. The van der Waals surface area contributed by atoms with E-state index in [2.05, 4.69) is 25.6 Å². The number of nitrogens with zero attached hydrogens (tertiary/aromatic N) is 1. The Labute approximate surface area is 137 Å². The highest BCUT2D eigenvalue weighted by atomic mass is 79.9. The molecule has 0 radical (unpaired) electrons. The Balaban J connectivity index is 2.10. The summed E-state index contributed by atoms with van der Waals surface area (Å²) in [5.74, 6) is 0. The maximum Gasteiger partial charge on any atom is 0.243 e. The van der Waals surface area contributed by atoms with Crippen LogP contribution in [0.4, 0.5) is 0 Å². The molecule has 0 aliphatic rings. The van der Waals surface area contributed by atoms with Crippen LogP contribution in [0, 0.1) is 0 Å². The van der Waals surface area contributed by atoms with E-state index in [1.54, 1.807) is 6.07 Å². The fourth-order valence-electron chi connectivity index (χ4n) is 1.92. The summed E-state index contributed by atoms with van der Waals surface area (Å²) in [6, 6.07) is 10.5. The lowest BCUT2D eigenvalue weighted by Crippen LogP contribution is -2.34. The van der Waals surface area contributed by atoms with Gasteiger partial charge in [0.05, 0.1) is 0 Å². The Morgan fingerprint density at radius 2 is 1.95 bits per heavy atom. The summed E-state index contributed by atoms with van der Waals surface area (Å²) in [4.78, 5) is 3.78. The Kier molecular flexibility index (Phi) is 5.37. The van der Waals surface area contributed by atoms with Gasteiger partial charge in [-0.15, -0.1) is 0 Å². The fraction of sp³-hybridized carbons (Fsp3) is 0.214. The Bertz CT molecular complexity index is 720. The molecule has 1 unspecified atom stereocenters. The predicted molar refractivity (Wildman–Crippen MR) is 86.9 cm³/mol. The minimum Gasteiger partial charge on any atom is -0.243 e. The molecule has 0 fully saturated rings. The van der Waals surface area contributed by atoms with E-state index in [0.717, 1.165) is 10.0 Å². The zero-order valence-electron chi connectivity index (χ0n) is 11.3. The minimum atomic E-state index is -3.67. The molecular formula is C14H14BrClN2O2S. The largest absolute Gasteiger partial charge is 0.243 e. The summed E-state index contributed by atoms with van der Waals surface area (Å²) in [5.41, 5.74) is 1.05. The molecule has 1 heterocycles. The van der Waals surface area contributed by atoms with Gasteiger partial charge >= 0.3 is 0 Å². The van der Waals surface area contributed by atoms with Crippen molar-refractivity contribution in [2.24, 2.45) is 0 Å². The van der Waals surface area contributed by atoms with Crippen molar-refractivity contribution in [2.45, 2.75) is 24.3 Å². The molecule has 1 aromatic carbocycles. The van der Waals surface area contributed by atoms with Crippen molar-refractivity contribution in [1.29, 1.82) is 0 Å². The molecule has 4 nitrogen and oxygen atoms in total. The molecule has 1 N–H and O–H groups in total. The Morgan fingerprint density at radius 1 is 1.29 bits per heavy atom. The van der Waals surface area contributed by atoms with E-state index in [4.69, 9.17) is 11.6 Å². The average molecular weight is 390 g/mol. The second-order valence-electron chi connectivity index (χ2n) is 4.65. The first kappa shape index (κ1) is 16.4. The van der Waals surface area contributed by atoms with Gasteiger partial charge in [0.15, 0.2) is 0 Å². The molecule has 2 rings (SSSR count). The maximum atomic E-state index is 12.3. The van der Waals surface area contributed by atoms with E-state index in [-0.39, 0.29) is 16.1 Å². The highest BCUT2D eigenvalue weighted by Gasteiger charge is 2.20. The lowest BCUT2D eigenvalue weighted by Gasteiger charge is -2.14. The molecule has 0 saturated heterocycles. The first-order valence-electron chi connectivity index (χ1n) is 6.26. The molecule has 112 valence electrons. The van der Waals surface area contributed by atoms with E-state index >= 15 is 0 Å². The van der Waals surface area contributed by atoms with E-state index < -0.39 is 10.0 Å². The smallest absolute Gasteiger partial charge is 0.243 e. The number of sulfonamides is 1. The summed E-state index contributed by atoms with van der Waals surface area (Å²) in [6.45, 7) is 1.81. The number of hydrogen-bond acceptors (Lipinski definition) is 3. The molecule has 1 aromatic heterocycles. The molecule has 7 heteroatoms. The van der Waals surface area contributed by atoms with E-state index in [1.807, 2.05) is 31.2 Å². The molecule has 0 bridgehead atoms. The third-order valence-electron chi connectivity index (χ3n) is 2.83. The Hall–Kier alpha value is -0.950. The van der Waals surface area contributed by atoms with Crippen LogP contribution in [0.25, 0.3) is 0 Å². The highest BCUT2D eigenvalue weighted by molar-refractivity contribution is 9.10. The topological polar surface area (TPSA) is 59.1 Å². The van der Waals surface area contributed by atoms with Crippen molar-refractivity contribution < 1.29 is 8.42 Å². The van der Waals surface area contributed by atoms with Gasteiger partial charge in [-0.25, -0.2) is 18.1 Å². The lowest BCUT2D eigenvalue weighted by molar-refractivity contribution is 0.559. The summed E-state index contributed by atoms with van der Waals surface area (Å²) < 4.78 is 28.1. The second-order valence-corrected chi connectivity index (χ2v) is 7.60. The molecule has 0 amide bonds. The van der Waals surface area contributed by atoms with E-state index in [1.165, 1.54) is 12.3 Å². The lowest BCUT2D eigenvalue weighted by atomic mass is 10.1. The third kappa shape index (κ3) is 4.51. The first-order valence-corrected chi connectivity index (χ1v) is 8.91. The summed E-state index contributed by atoms with van der Waals surface area (Å²) in [6.07, 6.45) is 2.04. The van der Waals surface area contributed by atoms with Crippen LogP contribution in [0.1, 0.15) is 12.5 Å². The van der Waals surface area contributed by atoms with Gasteiger partial charge in [0.25, 0.3) is 0 Å². The summed E-state index contributed by atoms with van der Waals surface area (Å²) >= 11 is 9.20. The van der Waals surface area contributed by atoms with Gasteiger partial charge in [0, 0.05) is 16.7 Å². The van der Waals surface area contributed by atoms with Crippen molar-refractivity contribution in [3.05, 3.63) is 57.8 Å². The van der Waals surface area contributed by atoms with Crippen LogP contribution in [0.5, 0.6) is 0 Å². The minimum absolute atomic E-state index is 0.00526. The standard InChI is InChI=1S/C14H14BrClN2O2S/c1-10(9-11-4-6-12(15)7-5-11)18-21(19,20)13-3-2-8-17-14(13)16/h2-8,10,18H,9H2,1H3. The molecule has 0 aliphatic heterocycles. The average Bonchev–Trinajstić information content (AvgIpc) is 2.41. The van der Waals surface area contributed by atoms with Crippen molar-refractivity contribution in [3.63, 3.8) is 0 Å². The maximum absolute atomic E-state index is 12.3. The second kappa shape index (κ2) is 6.87. The van der Waals surface area contributed by atoms with Crippen LogP contribution in [0.2, 0.25) is 5.15 Å². The Morgan fingerprint density at radius 3 is 2.57 bits per heavy atom. The van der Waals surface area contributed by atoms with Crippen LogP contribution in [-0.2, 0) is 16.4 Å². The van der Waals surface area contributed by atoms with Gasteiger partial charge < -0.3 is 0 Å². The van der Waals surface area contributed by atoms with E-state index in [9.17, 15) is 8.42 Å². The normalized spacial score (nSPS) is 13.1. The molecule has 0 saturated carbocycles. The number of nitrogens with one attached hydrogen (secondary N) is 1. The molecule has 21 heavy (non-hydrogen) atoms. The number of rotatable bonds is 5. The number of pyridine rings is 1. The monoisotopic (exact) mass is 388 g/mol. The van der Waals surface area contributed by atoms with Gasteiger partial charge in [-0.1, -0.05) is 39.7 Å². The van der Waals surface area contributed by atoms with Crippen LogP contribution in [0.3, 0.4) is 0 Å². The van der Waals surface area contributed by atoms with Gasteiger partial charge in [-0.3, -0.25) is 0 Å². The zero-order chi connectivity index (χ0) is 15.5. The van der Waals surface area contributed by atoms with Crippen LogP contribution in [-0.4, -0.2) is 19.4 Å². The van der Waals surface area contributed by atoms with Gasteiger partial charge in [0.2, 0.25) is 10.0 Å². The number of aromatic nitrogens is 1. The molecular weight excluding hydrogens is 376 g/mol. The predicted octanol–water partition coefficient (Wildman–Crippen LogP) is 3.41. The first-order chi connectivity index (χ1) is 9.88.